The van der Waals surface area contributed by atoms with Gasteiger partial charge in [0.2, 0.25) is 0 Å². The second-order valence-electron chi connectivity index (χ2n) is 4.74. The molecule has 0 aliphatic heterocycles. The molecule has 106 valence electrons. The van der Waals surface area contributed by atoms with E-state index >= 15 is 0 Å². The topological polar surface area (TPSA) is 34.6 Å². The van der Waals surface area contributed by atoms with Crippen molar-refractivity contribution in [1.29, 1.82) is 0 Å². The summed E-state index contributed by atoms with van der Waals surface area (Å²) in [6.07, 6.45) is 5.70. The summed E-state index contributed by atoms with van der Waals surface area (Å²) in [6.45, 7) is 1.85. The smallest absolute Gasteiger partial charge is 0.183 e. The van der Waals surface area contributed by atoms with Crippen molar-refractivity contribution in [1.82, 2.24) is 9.88 Å². The van der Waals surface area contributed by atoms with E-state index in [0.717, 1.165) is 35.6 Å². The summed E-state index contributed by atoms with van der Waals surface area (Å²) in [7, 11) is 3.32. The first-order chi connectivity index (χ1) is 9.30. The maximum Gasteiger partial charge on any atom is 0.183 e. The minimum absolute atomic E-state index is 0.690. The molecule has 5 heteroatoms. The standard InChI is InChI=1S/C14H21BrN2O2/c1-18-13-6-8-16-12(14(13)19-2)10-17(9-7-15)11-4-3-5-11/h6,8,11H,3-5,7,9-10H2,1-2H3. The lowest BCUT2D eigenvalue weighted by Crippen LogP contribution is -2.40. The van der Waals surface area contributed by atoms with Gasteiger partial charge in [0.25, 0.3) is 0 Å². The molecule has 1 aliphatic rings. The van der Waals surface area contributed by atoms with Gasteiger partial charge in [0.05, 0.1) is 14.2 Å². The number of ether oxygens (including phenoxy) is 2. The molecule has 0 radical (unpaired) electrons. The number of pyridine rings is 1. The van der Waals surface area contributed by atoms with Gasteiger partial charge in [-0.25, -0.2) is 0 Å². The molecule has 0 spiro atoms. The van der Waals surface area contributed by atoms with Crippen LogP contribution in [0.25, 0.3) is 0 Å². The molecule has 1 fully saturated rings. The van der Waals surface area contributed by atoms with Crippen LogP contribution in [0.3, 0.4) is 0 Å². The normalized spacial score (nSPS) is 15.4. The van der Waals surface area contributed by atoms with E-state index in [1.54, 1.807) is 20.4 Å². The van der Waals surface area contributed by atoms with Crippen molar-refractivity contribution in [3.05, 3.63) is 18.0 Å². The Morgan fingerprint density at radius 1 is 1.37 bits per heavy atom. The van der Waals surface area contributed by atoms with Crippen LogP contribution in [0.2, 0.25) is 0 Å². The molecule has 0 bridgehead atoms. The predicted octanol–water partition coefficient (Wildman–Crippen LogP) is 2.85. The number of hydrogen-bond donors (Lipinski definition) is 0. The second kappa shape index (κ2) is 7.10. The fourth-order valence-corrected chi connectivity index (χ4v) is 2.86. The number of rotatable bonds is 7. The highest BCUT2D eigenvalue weighted by molar-refractivity contribution is 9.09. The zero-order valence-corrected chi connectivity index (χ0v) is 13.1. The van der Waals surface area contributed by atoms with Crippen molar-refractivity contribution in [2.75, 3.05) is 26.1 Å². The molecular formula is C14H21BrN2O2. The molecule has 0 unspecified atom stereocenters. The number of nitrogens with zero attached hydrogens (tertiary/aromatic N) is 2. The average molecular weight is 329 g/mol. The number of alkyl halides is 1. The fraction of sp³-hybridized carbons (Fsp3) is 0.643. The number of halogens is 1. The van der Waals surface area contributed by atoms with E-state index in [-0.39, 0.29) is 0 Å². The summed E-state index contributed by atoms with van der Waals surface area (Å²) < 4.78 is 10.8. The van der Waals surface area contributed by atoms with E-state index in [2.05, 4.69) is 25.8 Å². The van der Waals surface area contributed by atoms with Crippen LogP contribution in [-0.2, 0) is 6.54 Å². The Bertz CT molecular complexity index is 410. The van der Waals surface area contributed by atoms with E-state index in [1.165, 1.54) is 19.3 Å². The zero-order chi connectivity index (χ0) is 13.7. The molecule has 4 nitrogen and oxygen atoms in total. The van der Waals surface area contributed by atoms with Crippen LogP contribution in [0.1, 0.15) is 25.0 Å². The van der Waals surface area contributed by atoms with Crippen molar-refractivity contribution in [2.24, 2.45) is 0 Å². The minimum atomic E-state index is 0.690. The SMILES string of the molecule is COc1ccnc(CN(CCBr)C2CCC2)c1OC. The molecular weight excluding hydrogens is 308 g/mol. The minimum Gasteiger partial charge on any atom is -0.493 e. The maximum atomic E-state index is 5.45. The van der Waals surface area contributed by atoms with Crippen LogP contribution >= 0.6 is 15.9 Å². The van der Waals surface area contributed by atoms with Gasteiger partial charge in [-0.2, -0.15) is 0 Å². The molecule has 0 N–H and O–H groups in total. The molecule has 0 aromatic carbocycles. The number of aromatic nitrogens is 1. The van der Waals surface area contributed by atoms with Crippen LogP contribution < -0.4 is 9.47 Å². The summed E-state index contributed by atoms with van der Waals surface area (Å²) >= 11 is 3.53. The molecule has 1 aromatic rings. The highest BCUT2D eigenvalue weighted by Crippen LogP contribution is 2.32. The van der Waals surface area contributed by atoms with Crippen molar-refractivity contribution in [3.63, 3.8) is 0 Å². The largest absolute Gasteiger partial charge is 0.493 e. The summed E-state index contributed by atoms with van der Waals surface area (Å²) in [4.78, 5) is 6.93. The predicted molar refractivity (Wildman–Crippen MR) is 79.2 cm³/mol. The summed E-state index contributed by atoms with van der Waals surface area (Å²) in [6, 6.07) is 2.52. The van der Waals surface area contributed by atoms with Gasteiger partial charge in [-0.15, -0.1) is 0 Å². The summed E-state index contributed by atoms with van der Waals surface area (Å²) in [5, 5.41) is 0.982. The van der Waals surface area contributed by atoms with E-state index in [0.29, 0.717) is 6.04 Å². The first-order valence-corrected chi connectivity index (χ1v) is 7.78. The van der Waals surface area contributed by atoms with E-state index < -0.39 is 0 Å². The third kappa shape index (κ3) is 3.39. The monoisotopic (exact) mass is 328 g/mol. The molecule has 1 saturated carbocycles. The maximum absolute atomic E-state index is 5.45. The molecule has 19 heavy (non-hydrogen) atoms. The average Bonchev–Trinajstić information content (AvgIpc) is 2.36. The van der Waals surface area contributed by atoms with Crippen LogP contribution in [0, 0.1) is 0 Å². The molecule has 0 atom stereocenters. The molecule has 0 amide bonds. The first-order valence-electron chi connectivity index (χ1n) is 6.66. The van der Waals surface area contributed by atoms with Gasteiger partial charge in [0.1, 0.15) is 5.69 Å². The van der Waals surface area contributed by atoms with Gasteiger partial charge in [0.15, 0.2) is 11.5 Å². The van der Waals surface area contributed by atoms with Gasteiger partial charge in [-0.3, -0.25) is 9.88 Å². The number of hydrogen-bond acceptors (Lipinski definition) is 4. The first kappa shape index (κ1) is 14.6. The zero-order valence-electron chi connectivity index (χ0n) is 11.6. The van der Waals surface area contributed by atoms with Crippen molar-refractivity contribution < 1.29 is 9.47 Å². The molecule has 2 rings (SSSR count). The quantitative estimate of drug-likeness (QED) is 0.721. The van der Waals surface area contributed by atoms with E-state index in [1.807, 2.05) is 6.07 Å². The second-order valence-corrected chi connectivity index (χ2v) is 5.53. The summed E-state index contributed by atoms with van der Waals surface area (Å²) in [5.41, 5.74) is 0.953. The van der Waals surface area contributed by atoms with Gasteiger partial charge in [0, 0.05) is 36.7 Å². The van der Waals surface area contributed by atoms with Gasteiger partial charge in [-0.1, -0.05) is 22.4 Å². The van der Waals surface area contributed by atoms with Crippen LogP contribution in [0.15, 0.2) is 12.3 Å². The summed E-state index contributed by atoms with van der Waals surface area (Å²) in [5.74, 6) is 1.50. The molecule has 1 aromatic heterocycles. The molecule has 0 saturated heterocycles. The van der Waals surface area contributed by atoms with Crippen molar-refractivity contribution >= 4 is 15.9 Å². The Kier molecular flexibility index (Phi) is 5.45. The third-order valence-corrected chi connectivity index (χ3v) is 4.04. The highest BCUT2D eigenvalue weighted by atomic mass is 79.9. The Labute approximate surface area is 123 Å². The van der Waals surface area contributed by atoms with E-state index in [4.69, 9.17) is 9.47 Å². The van der Waals surface area contributed by atoms with Crippen LogP contribution in [0.5, 0.6) is 11.5 Å². The van der Waals surface area contributed by atoms with E-state index in [9.17, 15) is 0 Å². The lowest BCUT2D eigenvalue weighted by Gasteiger charge is -2.37. The van der Waals surface area contributed by atoms with Crippen LogP contribution in [-0.4, -0.2) is 42.0 Å². The van der Waals surface area contributed by atoms with Crippen LogP contribution in [0.4, 0.5) is 0 Å². The fourth-order valence-electron chi connectivity index (χ4n) is 2.41. The van der Waals surface area contributed by atoms with Gasteiger partial charge >= 0.3 is 0 Å². The molecule has 1 heterocycles. The Morgan fingerprint density at radius 2 is 2.16 bits per heavy atom. The van der Waals surface area contributed by atoms with Gasteiger partial charge in [-0.05, 0) is 12.8 Å². The Morgan fingerprint density at radius 3 is 2.68 bits per heavy atom. The molecule has 1 aliphatic carbocycles. The van der Waals surface area contributed by atoms with Crippen molar-refractivity contribution in [2.45, 2.75) is 31.8 Å². The lowest BCUT2D eigenvalue weighted by atomic mass is 9.91. The Hall–Kier alpha value is -0.810. The van der Waals surface area contributed by atoms with Gasteiger partial charge < -0.3 is 9.47 Å². The number of methoxy groups -OCH3 is 2. The lowest BCUT2D eigenvalue weighted by molar-refractivity contribution is 0.125. The highest BCUT2D eigenvalue weighted by Gasteiger charge is 2.26. The third-order valence-electron chi connectivity index (χ3n) is 3.68. The Balaban J connectivity index is 2.15. The van der Waals surface area contributed by atoms with Crippen molar-refractivity contribution in [3.8, 4) is 11.5 Å².